The third kappa shape index (κ3) is 2.04. The van der Waals surface area contributed by atoms with E-state index in [0.29, 0.717) is 5.92 Å². The smallest absolute Gasteiger partial charge is 0.0863 e. The predicted octanol–water partition coefficient (Wildman–Crippen LogP) is 1.35. The lowest BCUT2D eigenvalue weighted by molar-refractivity contribution is -0.00912. The van der Waals surface area contributed by atoms with Crippen molar-refractivity contribution in [2.24, 2.45) is 5.92 Å². The van der Waals surface area contributed by atoms with Crippen LogP contribution in [0.2, 0.25) is 0 Å². The van der Waals surface area contributed by atoms with Gasteiger partial charge in [0.2, 0.25) is 0 Å². The lowest BCUT2D eigenvalue weighted by Gasteiger charge is -2.19. The highest BCUT2D eigenvalue weighted by atomic mass is 16.5. The Morgan fingerprint density at radius 3 is 3.09 bits per heavy atom. The first-order valence-corrected chi connectivity index (χ1v) is 4.16. The van der Waals surface area contributed by atoms with E-state index in [1.165, 1.54) is 0 Å². The molecule has 0 unspecified atom stereocenters. The second kappa shape index (κ2) is 3.88. The minimum atomic E-state index is -0.345. The molecule has 3 atom stereocenters. The molecule has 0 saturated carbocycles. The van der Waals surface area contributed by atoms with E-state index in [0.717, 1.165) is 19.4 Å². The molecule has 2 heteroatoms. The molecule has 1 fully saturated rings. The van der Waals surface area contributed by atoms with Crippen LogP contribution in [0.3, 0.4) is 0 Å². The van der Waals surface area contributed by atoms with Crippen molar-refractivity contribution in [2.75, 3.05) is 6.61 Å². The number of allylic oxidation sites excluding steroid dienone is 1. The van der Waals surface area contributed by atoms with Crippen molar-refractivity contribution in [3.8, 4) is 0 Å². The largest absolute Gasteiger partial charge is 0.391 e. The molecule has 0 radical (unpaired) electrons. The van der Waals surface area contributed by atoms with Gasteiger partial charge in [0.25, 0.3) is 0 Å². The lowest BCUT2D eigenvalue weighted by atomic mass is 9.95. The molecule has 0 bridgehead atoms. The Hall–Kier alpha value is -0.340. The molecule has 1 rings (SSSR count). The van der Waals surface area contributed by atoms with E-state index < -0.39 is 0 Å². The average Bonchev–Trinajstić information content (AvgIpc) is 2.36. The Labute approximate surface area is 67.9 Å². The fraction of sp³-hybridized carbons (Fsp3) is 0.778. The van der Waals surface area contributed by atoms with Crippen molar-refractivity contribution >= 4 is 0 Å². The summed E-state index contributed by atoms with van der Waals surface area (Å²) in [5, 5.41) is 9.29. The first kappa shape index (κ1) is 8.75. The van der Waals surface area contributed by atoms with Crippen LogP contribution in [0, 0.1) is 5.92 Å². The zero-order chi connectivity index (χ0) is 8.27. The Bertz CT molecular complexity index is 132. The van der Waals surface area contributed by atoms with Crippen LogP contribution in [0.5, 0.6) is 0 Å². The maximum absolute atomic E-state index is 9.29. The summed E-state index contributed by atoms with van der Waals surface area (Å²) in [4.78, 5) is 0. The topological polar surface area (TPSA) is 29.5 Å². The second-order valence-corrected chi connectivity index (χ2v) is 3.15. The number of rotatable bonds is 3. The Kier molecular flexibility index (Phi) is 3.09. The molecule has 0 aromatic rings. The maximum Gasteiger partial charge on any atom is 0.0863 e. The van der Waals surface area contributed by atoms with Crippen molar-refractivity contribution in [3.05, 3.63) is 12.7 Å². The third-order valence-electron chi connectivity index (χ3n) is 2.21. The van der Waals surface area contributed by atoms with E-state index in [1.807, 2.05) is 6.08 Å². The highest BCUT2D eigenvalue weighted by Gasteiger charge is 2.30. The molecule has 1 heterocycles. The molecular weight excluding hydrogens is 140 g/mol. The van der Waals surface area contributed by atoms with Gasteiger partial charge in [0, 0.05) is 6.61 Å². The van der Waals surface area contributed by atoms with E-state index in [2.05, 4.69) is 6.58 Å². The highest BCUT2D eigenvalue weighted by Crippen LogP contribution is 2.26. The minimum Gasteiger partial charge on any atom is -0.391 e. The molecule has 1 saturated heterocycles. The molecule has 2 nitrogen and oxygen atoms in total. The Morgan fingerprint density at radius 1 is 1.82 bits per heavy atom. The number of ether oxygens (including phenoxy) is 1. The van der Waals surface area contributed by atoms with Crippen LogP contribution in [0.4, 0.5) is 0 Å². The second-order valence-electron chi connectivity index (χ2n) is 3.15. The van der Waals surface area contributed by atoms with Gasteiger partial charge in [0.05, 0.1) is 12.2 Å². The van der Waals surface area contributed by atoms with E-state index in [-0.39, 0.29) is 12.2 Å². The summed E-state index contributed by atoms with van der Waals surface area (Å²) in [6.07, 6.45) is 3.60. The number of hydrogen-bond acceptors (Lipinski definition) is 2. The van der Waals surface area contributed by atoms with Crippen LogP contribution in [0.1, 0.15) is 19.8 Å². The standard InChI is InChI=1S/C9H16O2/c1-3-4-8-5-6-11-9(8)7(2)10/h3,7-10H,1,4-6H2,2H3/t7-,8+,9-/m0/s1. The minimum absolute atomic E-state index is 0.0352. The molecule has 64 valence electrons. The first-order valence-electron chi connectivity index (χ1n) is 4.16. The average molecular weight is 156 g/mol. The summed E-state index contributed by atoms with van der Waals surface area (Å²) in [5.74, 6) is 0.479. The van der Waals surface area contributed by atoms with Crippen LogP contribution >= 0.6 is 0 Å². The van der Waals surface area contributed by atoms with E-state index >= 15 is 0 Å². The van der Waals surface area contributed by atoms with E-state index in [9.17, 15) is 5.11 Å². The molecule has 0 spiro atoms. The molecule has 1 aliphatic heterocycles. The highest BCUT2D eigenvalue weighted by molar-refractivity contribution is 4.85. The lowest BCUT2D eigenvalue weighted by Crippen LogP contribution is -2.28. The van der Waals surface area contributed by atoms with Gasteiger partial charge in [-0.25, -0.2) is 0 Å². The molecule has 1 aliphatic rings. The van der Waals surface area contributed by atoms with Gasteiger partial charge < -0.3 is 9.84 Å². The zero-order valence-electron chi connectivity index (χ0n) is 6.99. The fourth-order valence-electron chi connectivity index (χ4n) is 1.66. The molecular formula is C9H16O2. The van der Waals surface area contributed by atoms with Crippen molar-refractivity contribution in [1.29, 1.82) is 0 Å². The summed E-state index contributed by atoms with van der Waals surface area (Å²) in [5.41, 5.74) is 0. The normalized spacial score (nSPS) is 33.6. The van der Waals surface area contributed by atoms with E-state index in [1.54, 1.807) is 6.92 Å². The van der Waals surface area contributed by atoms with Gasteiger partial charge in [0.1, 0.15) is 0 Å². The molecule has 0 amide bonds. The summed E-state index contributed by atoms with van der Waals surface area (Å²) in [6, 6.07) is 0. The van der Waals surface area contributed by atoms with Gasteiger partial charge >= 0.3 is 0 Å². The Morgan fingerprint density at radius 2 is 2.55 bits per heavy atom. The number of aliphatic hydroxyl groups is 1. The van der Waals surface area contributed by atoms with Crippen LogP contribution in [-0.4, -0.2) is 23.9 Å². The quantitative estimate of drug-likeness (QED) is 0.625. The molecule has 1 N–H and O–H groups in total. The van der Waals surface area contributed by atoms with Crippen molar-refractivity contribution < 1.29 is 9.84 Å². The van der Waals surface area contributed by atoms with Crippen LogP contribution in [0.25, 0.3) is 0 Å². The van der Waals surface area contributed by atoms with Gasteiger partial charge in [-0.3, -0.25) is 0 Å². The van der Waals surface area contributed by atoms with Crippen LogP contribution < -0.4 is 0 Å². The number of hydrogen-bond donors (Lipinski definition) is 1. The maximum atomic E-state index is 9.29. The van der Waals surface area contributed by atoms with Gasteiger partial charge in [-0.2, -0.15) is 0 Å². The molecule has 0 aliphatic carbocycles. The third-order valence-corrected chi connectivity index (χ3v) is 2.21. The summed E-state index contributed by atoms with van der Waals surface area (Å²) in [7, 11) is 0. The van der Waals surface area contributed by atoms with Crippen LogP contribution in [-0.2, 0) is 4.74 Å². The monoisotopic (exact) mass is 156 g/mol. The predicted molar refractivity (Wildman–Crippen MR) is 44.3 cm³/mol. The number of aliphatic hydroxyl groups excluding tert-OH is 1. The van der Waals surface area contributed by atoms with Gasteiger partial charge in [-0.1, -0.05) is 6.08 Å². The molecule has 0 aromatic heterocycles. The van der Waals surface area contributed by atoms with Gasteiger partial charge in [0.15, 0.2) is 0 Å². The van der Waals surface area contributed by atoms with Crippen LogP contribution in [0.15, 0.2) is 12.7 Å². The van der Waals surface area contributed by atoms with Gasteiger partial charge in [-0.15, -0.1) is 6.58 Å². The van der Waals surface area contributed by atoms with E-state index in [4.69, 9.17) is 4.74 Å². The first-order chi connectivity index (χ1) is 5.25. The van der Waals surface area contributed by atoms with Crippen molar-refractivity contribution in [1.82, 2.24) is 0 Å². The van der Waals surface area contributed by atoms with Gasteiger partial charge in [-0.05, 0) is 25.7 Å². The molecule has 0 aromatic carbocycles. The molecule has 11 heavy (non-hydrogen) atoms. The summed E-state index contributed by atoms with van der Waals surface area (Å²) < 4.78 is 5.38. The zero-order valence-corrected chi connectivity index (χ0v) is 6.99. The Balaban J connectivity index is 2.43. The van der Waals surface area contributed by atoms with Crippen molar-refractivity contribution in [2.45, 2.75) is 32.0 Å². The fourth-order valence-corrected chi connectivity index (χ4v) is 1.66. The summed E-state index contributed by atoms with van der Waals surface area (Å²) in [6.45, 7) is 6.25. The van der Waals surface area contributed by atoms with Crippen molar-refractivity contribution in [3.63, 3.8) is 0 Å². The summed E-state index contributed by atoms with van der Waals surface area (Å²) >= 11 is 0. The SMILES string of the molecule is C=CC[C@@H]1CCO[C@H]1[C@H](C)O.